The standard InChI is InChI=1S/C4H7N3O2S/c5-3(10)6-7-1-2-9-4(7)8/h1-2H2,(H3,5,6,10). The first-order valence-electron chi connectivity index (χ1n) is 2.70. The Morgan fingerprint density at radius 1 is 1.90 bits per heavy atom. The van der Waals surface area contributed by atoms with Gasteiger partial charge in [-0.1, -0.05) is 0 Å². The number of carbonyl (C=O) groups is 1. The van der Waals surface area contributed by atoms with Crippen molar-refractivity contribution in [2.45, 2.75) is 0 Å². The summed E-state index contributed by atoms with van der Waals surface area (Å²) in [7, 11) is 0. The van der Waals surface area contributed by atoms with E-state index in [2.05, 4.69) is 22.4 Å². The molecule has 1 heterocycles. The van der Waals surface area contributed by atoms with E-state index >= 15 is 0 Å². The van der Waals surface area contributed by atoms with E-state index in [-0.39, 0.29) is 5.11 Å². The van der Waals surface area contributed by atoms with E-state index < -0.39 is 6.09 Å². The molecule has 1 saturated heterocycles. The van der Waals surface area contributed by atoms with Crippen molar-refractivity contribution < 1.29 is 9.53 Å². The van der Waals surface area contributed by atoms with Crippen LogP contribution in [0.4, 0.5) is 4.79 Å². The fourth-order valence-electron chi connectivity index (χ4n) is 0.628. The number of thiocarbonyl (C=S) groups is 1. The second-order valence-corrected chi connectivity index (χ2v) is 2.18. The molecule has 1 aliphatic rings. The van der Waals surface area contributed by atoms with Crippen molar-refractivity contribution in [2.24, 2.45) is 5.73 Å². The number of carbonyl (C=O) groups excluding carboxylic acids is 1. The molecule has 6 heteroatoms. The minimum Gasteiger partial charge on any atom is -0.446 e. The monoisotopic (exact) mass is 161 g/mol. The Labute approximate surface area is 63.1 Å². The van der Waals surface area contributed by atoms with Crippen molar-refractivity contribution in [2.75, 3.05) is 13.2 Å². The van der Waals surface area contributed by atoms with Crippen molar-refractivity contribution in [1.82, 2.24) is 10.4 Å². The van der Waals surface area contributed by atoms with Gasteiger partial charge in [0.2, 0.25) is 0 Å². The van der Waals surface area contributed by atoms with Gasteiger partial charge >= 0.3 is 6.09 Å². The zero-order chi connectivity index (χ0) is 7.56. The zero-order valence-electron chi connectivity index (χ0n) is 5.16. The van der Waals surface area contributed by atoms with Crippen molar-refractivity contribution >= 4 is 23.4 Å². The summed E-state index contributed by atoms with van der Waals surface area (Å²) in [5, 5.41) is 1.29. The van der Waals surface area contributed by atoms with Gasteiger partial charge in [-0.3, -0.25) is 5.43 Å². The van der Waals surface area contributed by atoms with Crippen LogP contribution < -0.4 is 11.2 Å². The van der Waals surface area contributed by atoms with Crippen LogP contribution in [0.2, 0.25) is 0 Å². The molecule has 0 atom stereocenters. The summed E-state index contributed by atoms with van der Waals surface area (Å²) < 4.78 is 4.58. The van der Waals surface area contributed by atoms with Gasteiger partial charge < -0.3 is 10.5 Å². The first kappa shape index (κ1) is 7.07. The maximum Gasteiger partial charge on any atom is 0.428 e. The van der Waals surface area contributed by atoms with Gasteiger partial charge in [-0.25, -0.2) is 9.80 Å². The van der Waals surface area contributed by atoms with Gasteiger partial charge in [0.1, 0.15) is 6.61 Å². The summed E-state index contributed by atoms with van der Waals surface area (Å²) in [5.74, 6) is 0. The first-order chi connectivity index (χ1) is 4.70. The Morgan fingerprint density at radius 3 is 3.00 bits per heavy atom. The number of nitrogens with two attached hydrogens (primary N) is 1. The van der Waals surface area contributed by atoms with Crippen molar-refractivity contribution in [1.29, 1.82) is 0 Å². The first-order valence-corrected chi connectivity index (χ1v) is 3.11. The van der Waals surface area contributed by atoms with E-state index in [1.807, 2.05) is 0 Å². The number of hydrogen-bond donors (Lipinski definition) is 2. The number of cyclic esters (lactones) is 1. The van der Waals surface area contributed by atoms with Crippen LogP contribution in [0.3, 0.4) is 0 Å². The molecule has 0 aromatic rings. The summed E-state index contributed by atoms with van der Waals surface area (Å²) in [4.78, 5) is 10.6. The molecule has 1 rings (SSSR count). The summed E-state index contributed by atoms with van der Waals surface area (Å²) in [6, 6.07) is 0. The molecule has 5 nitrogen and oxygen atoms in total. The third kappa shape index (κ3) is 1.47. The predicted octanol–water partition coefficient (Wildman–Crippen LogP) is -0.813. The van der Waals surface area contributed by atoms with Gasteiger partial charge in [0.05, 0.1) is 6.54 Å². The highest BCUT2D eigenvalue weighted by Gasteiger charge is 2.21. The largest absolute Gasteiger partial charge is 0.446 e. The number of amides is 1. The van der Waals surface area contributed by atoms with Gasteiger partial charge in [0.25, 0.3) is 0 Å². The van der Waals surface area contributed by atoms with E-state index in [4.69, 9.17) is 5.73 Å². The van der Waals surface area contributed by atoms with E-state index in [0.29, 0.717) is 13.2 Å². The maximum absolute atomic E-state index is 10.6. The smallest absolute Gasteiger partial charge is 0.428 e. The average molecular weight is 161 g/mol. The van der Waals surface area contributed by atoms with Crippen molar-refractivity contribution in [3.05, 3.63) is 0 Å². The molecule has 0 radical (unpaired) electrons. The highest BCUT2D eigenvalue weighted by molar-refractivity contribution is 7.80. The molecule has 56 valence electrons. The normalized spacial score (nSPS) is 16.8. The molecule has 1 amide bonds. The summed E-state index contributed by atoms with van der Waals surface area (Å²) in [6.45, 7) is 0.866. The lowest BCUT2D eigenvalue weighted by molar-refractivity contribution is 0.153. The maximum atomic E-state index is 10.6. The quantitative estimate of drug-likeness (QED) is 0.492. The summed E-state index contributed by atoms with van der Waals surface area (Å²) >= 11 is 4.50. The Morgan fingerprint density at radius 2 is 2.60 bits per heavy atom. The summed E-state index contributed by atoms with van der Waals surface area (Å²) in [6.07, 6.45) is -0.437. The van der Waals surface area contributed by atoms with E-state index in [9.17, 15) is 4.79 Å². The molecular formula is C4H7N3O2S. The van der Waals surface area contributed by atoms with E-state index in [0.717, 1.165) is 0 Å². The van der Waals surface area contributed by atoms with Crippen LogP contribution in [0, 0.1) is 0 Å². The Bertz CT molecular complexity index is 172. The van der Waals surface area contributed by atoms with Gasteiger partial charge in [-0.05, 0) is 12.2 Å². The van der Waals surface area contributed by atoms with Gasteiger partial charge in [0.15, 0.2) is 5.11 Å². The molecule has 0 saturated carbocycles. The number of ether oxygens (including phenoxy) is 1. The minimum absolute atomic E-state index is 0.0684. The van der Waals surface area contributed by atoms with E-state index in [1.54, 1.807) is 0 Å². The van der Waals surface area contributed by atoms with Crippen molar-refractivity contribution in [3.8, 4) is 0 Å². The van der Waals surface area contributed by atoms with E-state index in [1.165, 1.54) is 5.01 Å². The highest BCUT2D eigenvalue weighted by Crippen LogP contribution is 1.97. The van der Waals surface area contributed by atoms with Crippen LogP contribution in [0.1, 0.15) is 0 Å². The average Bonchev–Trinajstić information content (AvgIpc) is 2.15. The van der Waals surface area contributed by atoms with Crippen LogP contribution in [-0.4, -0.2) is 29.4 Å². The molecule has 0 aromatic carbocycles. The predicted molar refractivity (Wildman–Crippen MR) is 38.0 cm³/mol. The Kier molecular flexibility index (Phi) is 1.91. The molecule has 0 unspecified atom stereocenters. The minimum atomic E-state index is -0.437. The van der Waals surface area contributed by atoms with Crippen LogP contribution in [-0.2, 0) is 4.74 Å². The number of hydrazine groups is 1. The lowest BCUT2D eigenvalue weighted by atomic mass is 10.7. The number of nitrogens with zero attached hydrogens (tertiary/aromatic N) is 1. The van der Waals surface area contributed by atoms with Gasteiger partial charge in [-0.2, -0.15) is 0 Å². The highest BCUT2D eigenvalue weighted by atomic mass is 32.1. The Hall–Kier alpha value is -1.04. The number of rotatable bonds is 1. The van der Waals surface area contributed by atoms with Gasteiger partial charge in [0, 0.05) is 0 Å². The Balaban J connectivity index is 2.40. The molecule has 3 N–H and O–H groups in total. The molecular weight excluding hydrogens is 154 g/mol. The third-order valence-corrected chi connectivity index (χ3v) is 1.10. The molecule has 0 aromatic heterocycles. The fraction of sp³-hybridized carbons (Fsp3) is 0.500. The van der Waals surface area contributed by atoms with Crippen LogP contribution in [0.25, 0.3) is 0 Å². The van der Waals surface area contributed by atoms with Gasteiger partial charge in [-0.15, -0.1) is 0 Å². The SMILES string of the molecule is NC(=S)NN1CCOC1=O. The number of hydrogen-bond acceptors (Lipinski definition) is 3. The third-order valence-electron chi connectivity index (χ3n) is 1.01. The zero-order valence-corrected chi connectivity index (χ0v) is 5.98. The molecule has 1 aliphatic heterocycles. The summed E-state index contributed by atoms with van der Waals surface area (Å²) in [5.41, 5.74) is 7.56. The lowest BCUT2D eigenvalue weighted by Crippen LogP contribution is -2.45. The molecule has 0 aliphatic carbocycles. The van der Waals surface area contributed by atoms with Crippen LogP contribution in [0.15, 0.2) is 0 Å². The van der Waals surface area contributed by atoms with Crippen LogP contribution in [0.5, 0.6) is 0 Å². The molecule has 0 bridgehead atoms. The lowest BCUT2D eigenvalue weighted by Gasteiger charge is -2.12. The van der Waals surface area contributed by atoms with Crippen molar-refractivity contribution in [3.63, 3.8) is 0 Å². The molecule has 10 heavy (non-hydrogen) atoms. The second-order valence-electron chi connectivity index (χ2n) is 1.74. The molecule has 0 spiro atoms. The number of nitrogens with one attached hydrogen (secondary N) is 1. The second kappa shape index (κ2) is 2.70. The van der Waals surface area contributed by atoms with Crippen LogP contribution >= 0.6 is 12.2 Å². The fourth-order valence-corrected chi connectivity index (χ4v) is 0.738. The molecule has 1 fully saturated rings. The topological polar surface area (TPSA) is 67.6 Å².